The molecule has 0 aromatic heterocycles. The van der Waals surface area contributed by atoms with Crippen molar-refractivity contribution in [3.05, 3.63) is 35.4 Å². The van der Waals surface area contributed by atoms with E-state index in [4.69, 9.17) is 9.84 Å². The highest BCUT2D eigenvalue weighted by atomic mass is 16.5. The monoisotopic (exact) mass is 287 g/mol. The summed E-state index contributed by atoms with van der Waals surface area (Å²) in [6, 6.07) is 7.73. The largest absolute Gasteiger partial charge is 0.395 e. The van der Waals surface area contributed by atoms with E-state index in [1.165, 1.54) is 0 Å². The summed E-state index contributed by atoms with van der Waals surface area (Å²) in [7, 11) is 0. The lowest BCUT2D eigenvalue weighted by Gasteiger charge is -2.21. The fourth-order valence-corrected chi connectivity index (χ4v) is 2.31. The average molecular weight is 287 g/mol. The van der Waals surface area contributed by atoms with Gasteiger partial charge in [0.15, 0.2) is 0 Å². The molecular formula is C17H21NO3. The molecule has 1 aliphatic heterocycles. The first kappa shape index (κ1) is 15.6. The summed E-state index contributed by atoms with van der Waals surface area (Å²) in [5.74, 6) is 5.82. The number of amides is 1. The van der Waals surface area contributed by atoms with Crippen LogP contribution in [0.4, 0.5) is 0 Å². The van der Waals surface area contributed by atoms with Crippen LogP contribution in [0.3, 0.4) is 0 Å². The molecule has 2 rings (SSSR count). The van der Waals surface area contributed by atoms with Crippen molar-refractivity contribution in [3.63, 3.8) is 0 Å². The van der Waals surface area contributed by atoms with Crippen LogP contribution >= 0.6 is 0 Å². The number of ether oxygens (including phenoxy) is 1. The van der Waals surface area contributed by atoms with Crippen molar-refractivity contribution in [1.29, 1.82) is 0 Å². The van der Waals surface area contributed by atoms with Crippen LogP contribution in [0.5, 0.6) is 0 Å². The van der Waals surface area contributed by atoms with Gasteiger partial charge in [-0.05, 0) is 37.5 Å². The van der Waals surface area contributed by atoms with Crippen LogP contribution in [0.15, 0.2) is 24.3 Å². The highest BCUT2D eigenvalue weighted by Crippen LogP contribution is 2.25. The van der Waals surface area contributed by atoms with E-state index in [2.05, 4.69) is 17.2 Å². The Balaban J connectivity index is 1.93. The molecule has 1 aromatic rings. The van der Waals surface area contributed by atoms with Crippen LogP contribution in [0.25, 0.3) is 0 Å². The Bertz CT molecular complexity index is 551. The standard InChI is InChI=1S/C17H21NO3/c1-17(9-5-11-21-17)16(20)18-13-15-8-4-7-14(12-15)6-2-3-10-19/h4,7-8,12,19H,3,5,9-11,13H2,1H3,(H,18,20). The molecule has 1 atom stereocenters. The Morgan fingerprint density at radius 1 is 1.52 bits per heavy atom. The Morgan fingerprint density at radius 3 is 3.10 bits per heavy atom. The summed E-state index contributed by atoms with van der Waals surface area (Å²) in [5, 5.41) is 11.6. The first-order valence-electron chi connectivity index (χ1n) is 7.25. The second kappa shape index (κ2) is 7.26. The Labute approximate surface area is 125 Å². The van der Waals surface area contributed by atoms with Crippen molar-refractivity contribution in [2.75, 3.05) is 13.2 Å². The quantitative estimate of drug-likeness (QED) is 0.827. The van der Waals surface area contributed by atoms with E-state index in [0.29, 0.717) is 19.6 Å². The minimum absolute atomic E-state index is 0.0585. The molecule has 1 aliphatic rings. The first-order chi connectivity index (χ1) is 10.1. The minimum atomic E-state index is -0.682. The smallest absolute Gasteiger partial charge is 0.252 e. The summed E-state index contributed by atoms with van der Waals surface area (Å²) >= 11 is 0. The van der Waals surface area contributed by atoms with Crippen LogP contribution in [0, 0.1) is 11.8 Å². The van der Waals surface area contributed by atoms with Crippen molar-refractivity contribution in [2.24, 2.45) is 0 Å². The molecule has 1 heterocycles. The van der Waals surface area contributed by atoms with Gasteiger partial charge in [-0.3, -0.25) is 4.79 Å². The summed E-state index contributed by atoms with van der Waals surface area (Å²) in [6.45, 7) is 3.03. The predicted octanol–water partition coefficient (Wildman–Crippen LogP) is 1.61. The number of benzene rings is 1. The molecular weight excluding hydrogens is 266 g/mol. The lowest BCUT2D eigenvalue weighted by atomic mass is 10.0. The van der Waals surface area contributed by atoms with E-state index < -0.39 is 5.60 Å². The molecule has 0 saturated carbocycles. The van der Waals surface area contributed by atoms with Crippen molar-refractivity contribution < 1.29 is 14.6 Å². The lowest BCUT2D eigenvalue weighted by Crippen LogP contribution is -2.43. The maximum absolute atomic E-state index is 12.1. The zero-order valence-corrected chi connectivity index (χ0v) is 12.3. The van der Waals surface area contributed by atoms with E-state index in [0.717, 1.165) is 24.0 Å². The van der Waals surface area contributed by atoms with Crippen LogP contribution in [-0.2, 0) is 16.1 Å². The van der Waals surface area contributed by atoms with E-state index in [9.17, 15) is 4.79 Å². The molecule has 1 amide bonds. The summed E-state index contributed by atoms with van der Waals surface area (Å²) < 4.78 is 5.52. The third-order valence-electron chi connectivity index (χ3n) is 3.55. The van der Waals surface area contributed by atoms with Gasteiger partial charge in [0.1, 0.15) is 5.60 Å². The molecule has 4 nitrogen and oxygen atoms in total. The lowest BCUT2D eigenvalue weighted by molar-refractivity contribution is -0.139. The summed E-state index contributed by atoms with van der Waals surface area (Å²) in [4.78, 5) is 12.1. The second-order valence-electron chi connectivity index (χ2n) is 5.34. The molecule has 2 N–H and O–H groups in total. The number of carbonyl (C=O) groups is 1. The molecule has 0 spiro atoms. The zero-order valence-electron chi connectivity index (χ0n) is 12.3. The van der Waals surface area contributed by atoms with Gasteiger partial charge in [0.25, 0.3) is 5.91 Å². The summed E-state index contributed by atoms with van der Waals surface area (Å²) in [6.07, 6.45) is 2.17. The molecule has 1 unspecified atom stereocenters. The third-order valence-corrected chi connectivity index (χ3v) is 3.55. The first-order valence-corrected chi connectivity index (χ1v) is 7.25. The van der Waals surface area contributed by atoms with Crippen LogP contribution in [0.1, 0.15) is 37.3 Å². The van der Waals surface area contributed by atoms with Gasteiger partial charge in [-0.25, -0.2) is 0 Å². The van der Waals surface area contributed by atoms with E-state index in [1.54, 1.807) is 0 Å². The van der Waals surface area contributed by atoms with Gasteiger partial charge in [0.2, 0.25) is 0 Å². The van der Waals surface area contributed by atoms with Crippen LogP contribution in [0.2, 0.25) is 0 Å². The number of hydrogen-bond donors (Lipinski definition) is 2. The molecule has 112 valence electrons. The SMILES string of the molecule is CC1(C(=O)NCc2cccc(C#CCCO)c2)CCCO1. The highest BCUT2D eigenvalue weighted by molar-refractivity contribution is 5.84. The number of aliphatic hydroxyl groups is 1. The van der Waals surface area contributed by atoms with Gasteiger partial charge >= 0.3 is 0 Å². The van der Waals surface area contributed by atoms with Crippen molar-refractivity contribution >= 4 is 5.91 Å². The summed E-state index contributed by atoms with van der Waals surface area (Å²) in [5.41, 5.74) is 1.21. The minimum Gasteiger partial charge on any atom is -0.395 e. The third kappa shape index (κ3) is 4.32. The van der Waals surface area contributed by atoms with Crippen molar-refractivity contribution in [2.45, 2.75) is 38.3 Å². The van der Waals surface area contributed by atoms with Gasteiger partial charge < -0.3 is 15.2 Å². The van der Waals surface area contributed by atoms with Gasteiger partial charge in [-0.15, -0.1) is 0 Å². The Hall–Kier alpha value is -1.83. The number of carbonyl (C=O) groups excluding carboxylic acids is 1. The molecule has 4 heteroatoms. The van der Waals surface area contributed by atoms with E-state index in [-0.39, 0.29) is 12.5 Å². The molecule has 0 aliphatic carbocycles. The maximum Gasteiger partial charge on any atom is 0.252 e. The zero-order chi connectivity index (χ0) is 15.1. The van der Waals surface area contributed by atoms with Crippen molar-refractivity contribution in [1.82, 2.24) is 5.32 Å². The normalized spacial score (nSPS) is 20.7. The van der Waals surface area contributed by atoms with E-state index in [1.807, 2.05) is 31.2 Å². The molecule has 0 radical (unpaired) electrons. The molecule has 21 heavy (non-hydrogen) atoms. The average Bonchev–Trinajstić information content (AvgIpc) is 2.94. The van der Waals surface area contributed by atoms with Crippen molar-refractivity contribution in [3.8, 4) is 11.8 Å². The molecule has 1 aromatic carbocycles. The fraction of sp³-hybridized carbons (Fsp3) is 0.471. The predicted molar refractivity (Wildman–Crippen MR) is 80.5 cm³/mol. The van der Waals surface area contributed by atoms with Crippen LogP contribution in [-0.4, -0.2) is 29.8 Å². The number of hydrogen-bond acceptors (Lipinski definition) is 3. The number of nitrogens with one attached hydrogen (secondary N) is 1. The number of aliphatic hydroxyl groups excluding tert-OH is 1. The van der Waals surface area contributed by atoms with Gasteiger partial charge in [0, 0.05) is 25.1 Å². The molecule has 1 fully saturated rings. The second-order valence-corrected chi connectivity index (χ2v) is 5.34. The van der Waals surface area contributed by atoms with Gasteiger partial charge in [-0.1, -0.05) is 24.0 Å². The molecule has 0 bridgehead atoms. The van der Waals surface area contributed by atoms with Gasteiger partial charge in [-0.2, -0.15) is 0 Å². The Kier molecular flexibility index (Phi) is 5.38. The van der Waals surface area contributed by atoms with Crippen LogP contribution < -0.4 is 5.32 Å². The number of rotatable bonds is 4. The van der Waals surface area contributed by atoms with E-state index >= 15 is 0 Å². The maximum atomic E-state index is 12.1. The molecule has 1 saturated heterocycles. The fourth-order valence-electron chi connectivity index (χ4n) is 2.31. The Morgan fingerprint density at radius 2 is 2.38 bits per heavy atom. The topological polar surface area (TPSA) is 58.6 Å². The van der Waals surface area contributed by atoms with Gasteiger partial charge in [0.05, 0.1) is 6.61 Å². The highest BCUT2D eigenvalue weighted by Gasteiger charge is 2.37.